The fraction of sp³-hybridized carbons (Fsp3) is 0.200. The van der Waals surface area contributed by atoms with Gasteiger partial charge in [0.1, 0.15) is 5.82 Å². The van der Waals surface area contributed by atoms with Crippen molar-refractivity contribution in [1.29, 1.82) is 0 Å². The largest absolute Gasteiger partial charge is 0.302 e. The third-order valence-electron chi connectivity index (χ3n) is 1.50. The maximum Gasteiger partial charge on any atom is 0.127 e. The molecule has 0 unspecified atom stereocenters. The topological polar surface area (TPSA) is 12.0 Å². The summed E-state index contributed by atoms with van der Waals surface area (Å²) in [6.07, 6.45) is 5.02. The van der Waals surface area contributed by atoms with E-state index in [1.165, 1.54) is 6.07 Å². The van der Waals surface area contributed by atoms with Crippen LogP contribution in [0.5, 0.6) is 0 Å². The standard InChI is InChI=1S/C10H10FN.ClH/c1-2-7-12-8-9-5-3-4-6-10(9)11;/h1,3-6,12H,7-8H2;1H. The monoisotopic (exact) mass is 199 g/mol. The Balaban J connectivity index is 0.00000144. The highest BCUT2D eigenvalue weighted by molar-refractivity contribution is 5.85. The summed E-state index contributed by atoms with van der Waals surface area (Å²) in [5.74, 6) is 2.23. The number of benzene rings is 1. The molecule has 1 nitrogen and oxygen atoms in total. The average Bonchev–Trinajstić information content (AvgIpc) is 2.09. The summed E-state index contributed by atoms with van der Waals surface area (Å²) in [5.41, 5.74) is 0.646. The van der Waals surface area contributed by atoms with Gasteiger partial charge in [-0.15, -0.1) is 18.8 Å². The van der Waals surface area contributed by atoms with Crippen LogP contribution in [-0.2, 0) is 6.54 Å². The molecule has 0 saturated carbocycles. The van der Waals surface area contributed by atoms with Crippen molar-refractivity contribution in [1.82, 2.24) is 5.32 Å². The Bertz CT molecular complexity index is 293. The van der Waals surface area contributed by atoms with Crippen LogP contribution in [0, 0.1) is 18.2 Å². The molecule has 0 aromatic heterocycles. The molecule has 70 valence electrons. The normalized spacial score (nSPS) is 8.62. The molecule has 13 heavy (non-hydrogen) atoms. The van der Waals surface area contributed by atoms with Gasteiger partial charge in [0, 0.05) is 12.1 Å². The molecular formula is C10H11ClFN. The molecule has 0 heterocycles. The third-order valence-corrected chi connectivity index (χ3v) is 1.50. The van der Waals surface area contributed by atoms with Crippen molar-refractivity contribution in [3.63, 3.8) is 0 Å². The molecule has 1 aromatic carbocycles. The van der Waals surface area contributed by atoms with Gasteiger partial charge in [0.2, 0.25) is 0 Å². The van der Waals surface area contributed by atoms with Gasteiger partial charge in [0.05, 0.1) is 6.54 Å². The average molecular weight is 200 g/mol. The number of halogens is 2. The molecule has 1 rings (SSSR count). The van der Waals surface area contributed by atoms with Gasteiger partial charge in [-0.3, -0.25) is 0 Å². The lowest BCUT2D eigenvalue weighted by Crippen LogP contribution is -2.13. The predicted molar refractivity (Wildman–Crippen MR) is 54.2 cm³/mol. The molecule has 1 N–H and O–H groups in total. The van der Waals surface area contributed by atoms with E-state index in [-0.39, 0.29) is 18.2 Å². The van der Waals surface area contributed by atoms with Crippen LogP contribution in [0.2, 0.25) is 0 Å². The van der Waals surface area contributed by atoms with Crippen molar-refractivity contribution < 1.29 is 4.39 Å². The van der Waals surface area contributed by atoms with Crippen molar-refractivity contribution in [2.24, 2.45) is 0 Å². The Morgan fingerprint density at radius 1 is 1.38 bits per heavy atom. The van der Waals surface area contributed by atoms with Gasteiger partial charge >= 0.3 is 0 Å². The van der Waals surface area contributed by atoms with E-state index in [0.29, 0.717) is 18.7 Å². The summed E-state index contributed by atoms with van der Waals surface area (Å²) in [7, 11) is 0. The van der Waals surface area contributed by atoms with E-state index in [4.69, 9.17) is 6.42 Å². The first-order valence-electron chi connectivity index (χ1n) is 3.72. The molecule has 0 amide bonds. The second-order valence-corrected chi connectivity index (χ2v) is 2.40. The van der Waals surface area contributed by atoms with Gasteiger partial charge in [-0.05, 0) is 6.07 Å². The number of hydrogen-bond donors (Lipinski definition) is 1. The first kappa shape index (κ1) is 12.0. The van der Waals surface area contributed by atoms with E-state index in [1.54, 1.807) is 18.2 Å². The van der Waals surface area contributed by atoms with Crippen molar-refractivity contribution in [2.45, 2.75) is 6.54 Å². The van der Waals surface area contributed by atoms with Crippen LogP contribution in [0.15, 0.2) is 24.3 Å². The molecule has 0 fully saturated rings. The highest BCUT2D eigenvalue weighted by Gasteiger charge is 1.97. The number of hydrogen-bond acceptors (Lipinski definition) is 1. The van der Waals surface area contributed by atoms with E-state index in [2.05, 4.69) is 11.2 Å². The number of nitrogens with one attached hydrogen (secondary N) is 1. The lowest BCUT2D eigenvalue weighted by molar-refractivity contribution is 0.597. The smallest absolute Gasteiger partial charge is 0.127 e. The Labute approximate surface area is 83.8 Å². The van der Waals surface area contributed by atoms with Crippen LogP contribution in [0.3, 0.4) is 0 Å². The van der Waals surface area contributed by atoms with Crippen molar-refractivity contribution in [2.75, 3.05) is 6.54 Å². The molecule has 0 aliphatic rings. The van der Waals surface area contributed by atoms with E-state index < -0.39 is 0 Å². The van der Waals surface area contributed by atoms with E-state index >= 15 is 0 Å². The summed E-state index contributed by atoms with van der Waals surface area (Å²) >= 11 is 0. The van der Waals surface area contributed by atoms with Gasteiger partial charge in [-0.25, -0.2) is 4.39 Å². The minimum Gasteiger partial charge on any atom is -0.302 e. The van der Waals surface area contributed by atoms with Crippen molar-refractivity contribution in [3.05, 3.63) is 35.6 Å². The first-order valence-corrected chi connectivity index (χ1v) is 3.72. The zero-order chi connectivity index (χ0) is 8.81. The molecule has 0 aliphatic carbocycles. The van der Waals surface area contributed by atoms with Crippen molar-refractivity contribution in [3.8, 4) is 12.3 Å². The molecule has 0 bridgehead atoms. The predicted octanol–water partition coefficient (Wildman–Crippen LogP) is 1.97. The molecular weight excluding hydrogens is 189 g/mol. The SMILES string of the molecule is C#CCNCc1ccccc1F.Cl. The van der Waals surface area contributed by atoms with E-state index in [0.717, 1.165) is 0 Å². The summed E-state index contributed by atoms with van der Waals surface area (Å²) in [5, 5.41) is 2.92. The van der Waals surface area contributed by atoms with Crippen LogP contribution in [-0.4, -0.2) is 6.54 Å². The summed E-state index contributed by atoms with van der Waals surface area (Å²) in [6, 6.07) is 6.64. The Kier molecular flexibility index (Phi) is 5.96. The van der Waals surface area contributed by atoms with Crippen LogP contribution >= 0.6 is 12.4 Å². The van der Waals surface area contributed by atoms with Gasteiger partial charge in [0.15, 0.2) is 0 Å². The lowest BCUT2D eigenvalue weighted by atomic mass is 10.2. The fourth-order valence-corrected chi connectivity index (χ4v) is 0.911. The summed E-state index contributed by atoms with van der Waals surface area (Å²) in [4.78, 5) is 0. The van der Waals surface area contributed by atoms with Gasteiger partial charge < -0.3 is 5.32 Å². The molecule has 0 radical (unpaired) electrons. The van der Waals surface area contributed by atoms with E-state index in [1.807, 2.05) is 0 Å². The summed E-state index contributed by atoms with van der Waals surface area (Å²) < 4.78 is 12.9. The second-order valence-electron chi connectivity index (χ2n) is 2.40. The zero-order valence-corrected chi connectivity index (χ0v) is 7.90. The third kappa shape index (κ3) is 3.93. The van der Waals surface area contributed by atoms with E-state index in [9.17, 15) is 4.39 Å². The van der Waals surface area contributed by atoms with Crippen LogP contribution in [0.1, 0.15) is 5.56 Å². The van der Waals surface area contributed by atoms with Crippen molar-refractivity contribution >= 4 is 12.4 Å². The minimum absolute atomic E-state index is 0. The molecule has 3 heteroatoms. The van der Waals surface area contributed by atoms with Gasteiger partial charge in [-0.2, -0.15) is 0 Å². The Morgan fingerprint density at radius 2 is 2.08 bits per heavy atom. The molecule has 0 atom stereocenters. The maximum absolute atomic E-state index is 12.9. The molecule has 0 aliphatic heterocycles. The van der Waals surface area contributed by atoms with Crippen LogP contribution < -0.4 is 5.32 Å². The summed E-state index contributed by atoms with van der Waals surface area (Å²) in [6.45, 7) is 0.950. The van der Waals surface area contributed by atoms with Crippen LogP contribution in [0.4, 0.5) is 4.39 Å². The molecule has 0 saturated heterocycles. The quantitative estimate of drug-likeness (QED) is 0.580. The van der Waals surface area contributed by atoms with Gasteiger partial charge in [0.25, 0.3) is 0 Å². The maximum atomic E-state index is 12.9. The fourth-order valence-electron chi connectivity index (χ4n) is 0.911. The number of rotatable bonds is 3. The second kappa shape index (κ2) is 6.47. The molecule has 0 spiro atoms. The number of terminal acetylenes is 1. The Morgan fingerprint density at radius 3 is 2.69 bits per heavy atom. The lowest BCUT2D eigenvalue weighted by Gasteiger charge is -2.01. The first-order chi connectivity index (χ1) is 5.84. The Hall–Kier alpha value is -1.04. The van der Waals surface area contributed by atoms with Gasteiger partial charge in [-0.1, -0.05) is 24.1 Å². The molecule has 1 aromatic rings. The zero-order valence-electron chi connectivity index (χ0n) is 7.09. The minimum atomic E-state index is -0.193. The van der Waals surface area contributed by atoms with Crippen LogP contribution in [0.25, 0.3) is 0 Å². The highest BCUT2D eigenvalue weighted by Crippen LogP contribution is 2.04. The highest BCUT2D eigenvalue weighted by atomic mass is 35.5.